The Labute approximate surface area is 143 Å². The van der Waals surface area contributed by atoms with Gasteiger partial charge in [0.05, 0.1) is 5.41 Å². The van der Waals surface area contributed by atoms with Crippen molar-refractivity contribution >= 4 is 5.91 Å². The molecule has 0 bridgehead atoms. The van der Waals surface area contributed by atoms with E-state index >= 15 is 0 Å². The molecule has 0 aromatic carbocycles. The number of aromatic amines is 1. The third-order valence-electron chi connectivity index (χ3n) is 5.02. The molecule has 134 valence electrons. The third-order valence-corrected chi connectivity index (χ3v) is 5.02. The number of carbonyl (C=O) groups is 1. The van der Waals surface area contributed by atoms with Gasteiger partial charge in [0.25, 0.3) is 11.5 Å². The fourth-order valence-electron chi connectivity index (χ4n) is 3.51. The van der Waals surface area contributed by atoms with E-state index in [1.54, 1.807) is 11.9 Å². The lowest BCUT2D eigenvalue weighted by molar-refractivity contribution is 0.0343. The van der Waals surface area contributed by atoms with Crippen LogP contribution in [-0.2, 0) is 17.2 Å². The molecule has 9 nitrogen and oxygen atoms in total. The third kappa shape index (κ3) is 2.78. The van der Waals surface area contributed by atoms with Crippen molar-refractivity contribution in [2.45, 2.75) is 31.1 Å². The van der Waals surface area contributed by atoms with Crippen molar-refractivity contribution in [2.75, 3.05) is 26.3 Å². The second-order valence-corrected chi connectivity index (χ2v) is 7.12. The van der Waals surface area contributed by atoms with Crippen LogP contribution in [-0.4, -0.2) is 57.1 Å². The summed E-state index contributed by atoms with van der Waals surface area (Å²) in [6, 6.07) is 1.31. The Balaban J connectivity index is 1.45. The highest BCUT2D eigenvalue weighted by molar-refractivity contribution is 5.93. The highest BCUT2D eigenvalue weighted by Gasteiger charge is 2.47. The van der Waals surface area contributed by atoms with Crippen LogP contribution in [0.5, 0.6) is 0 Å². The first-order chi connectivity index (χ1) is 12.0. The molecular formula is C16H21N5O4. The van der Waals surface area contributed by atoms with Crippen molar-refractivity contribution < 1.29 is 13.9 Å². The zero-order chi connectivity index (χ0) is 17.6. The number of likely N-dealkylation sites (tertiary alicyclic amines) is 1. The number of nitrogens with zero attached hydrogens (tertiary/aromatic N) is 4. The fraction of sp³-hybridized carbons (Fsp3) is 0.625. The summed E-state index contributed by atoms with van der Waals surface area (Å²) in [4.78, 5) is 25.5. The second-order valence-electron chi connectivity index (χ2n) is 7.12. The molecule has 0 spiro atoms. The number of hydrogen-bond donors (Lipinski definition) is 1. The maximum absolute atomic E-state index is 12.5. The maximum atomic E-state index is 12.5. The molecule has 0 aliphatic carbocycles. The predicted octanol–water partition coefficient (Wildman–Crippen LogP) is 0.404. The molecule has 1 amide bonds. The zero-order valence-electron chi connectivity index (χ0n) is 14.3. The summed E-state index contributed by atoms with van der Waals surface area (Å²) in [5, 5.41) is 11.0. The van der Waals surface area contributed by atoms with E-state index in [1.165, 1.54) is 10.7 Å². The van der Waals surface area contributed by atoms with Crippen molar-refractivity contribution in [1.29, 1.82) is 0 Å². The SMILES string of the molecule is Cn1[nH]c(=O)cc1C(=O)N1CC(C)(c2nnc(C3CCOCC3)o2)C1. The summed E-state index contributed by atoms with van der Waals surface area (Å²) < 4.78 is 12.7. The summed E-state index contributed by atoms with van der Waals surface area (Å²) >= 11 is 0. The van der Waals surface area contributed by atoms with Crippen LogP contribution in [0.3, 0.4) is 0 Å². The monoisotopic (exact) mass is 347 g/mol. The van der Waals surface area contributed by atoms with Crippen LogP contribution in [0.4, 0.5) is 0 Å². The Kier molecular flexibility index (Phi) is 3.75. The zero-order valence-corrected chi connectivity index (χ0v) is 14.3. The molecule has 0 radical (unpaired) electrons. The van der Waals surface area contributed by atoms with Gasteiger partial charge in [0.15, 0.2) is 0 Å². The molecule has 9 heteroatoms. The van der Waals surface area contributed by atoms with E-state index in [-0.39, 0.29) is 22.8 Å². The van der Waals surface area contributed by atoms with Gasteiger partial charge in [-0.15, -0.1) is 10.2 Å². The van der Waals surface area contributed by atoms with Crippen molar-refractivity contribution in [1.82, 2.24) is 24.9 Å². The molecule has 2 fully saturated rings. The van der Waals surface area contributed by atoms with E-state index in [0.29, 0.717) is 30.6 Å². The number of carbonyl (C=O) groups excluding carboxylic acids is 1. The first-order valence-electron chi connectivity index (χ1n) is 8.43. The Bertz CT molecular complexity index is 839. The Morgan fingerprint density at radius 2 is 2.04 bits per heavy atom. The van der Waals surface area contributed by atoms with Crippen molar-refractivity contribution in [3.63, 3.8) is 0 Å². The molecule has 0 atom stereocenters. The van der Waals surface area contributed by atoms with Gasteiger partial charge in [-0.2, -0.15) is 0 Å². The summed E-state index contributed by atoms with van der Waals surface area (Å²) in [6.07, 6.45) is 1.79. The topological polar surface area (TPSA) is 106 Å². The maximum Gasteiger partial charge on any atom is 0.272 e. The van der Waals surface area contributed by atoms with E-state index in [0.717, 1.165) is 26.1 Å². The van der Waals surface area contributed by atoms with Crippen LogP contribution < -0.4 is 5.56 Å². The Morgan fingerprint density at radius 1 is 1.32 bits per heavy atom. The summed E-state index contributed by atoms with van der Waals surface area (Å²) in [6.45, 7) is 4.42. The summed E-state index contributed by atoms with van der Waals surface area (Å²) in [5.74, 6) is 1.31. The van der Waals surface area contributed by atoms with Crippen molar-refractivity contribution in [3.05, 3.63) is 33.9 Å². The number of ether oxygens (including phenoxy) is 1. The molecule has 4 rings (SSSR count). The first-order valence-corrected chi connectivity index (χ1v) is 8.43. The normalized spacial score (nSPS) is 20.5. The molecule has 2 aromatic rings. The average Bonchev–Trinajstić information content (AvgIpc) is 3.19. The van der Waals surface area contributed by atoms with Gasteiger partial charge in [0.2, 0.25) is 11.8 Å². The van der Waals surface area contributed by atoms with Crippen LogP contribution in [0.2, 0.25) is 0 Å². The minimum Gasteiger partial charge on any atom is -0.424 e. The lowest BCUT2D eigenvalue weighted by Crippen LogP contribution is -2.60. The number of rotatable bonds is 3. The fourth-order valence-corrected chi connectivity index (χ4v) is 3.51. The van der Waals surface area contributed by atoms with Gasteiger partial charge in [-0.3, -0.25) is 19.4 Å². The molecule has 25 heavy (non-hydrogen) atoms. The molecule has 0 saturated carbocycles. The van der Waals surface area contributed by atoms with E-state index in [1.807, 2.05) is 6.92 Å². The van der Waals surface area contributed by atoms with Crippen LogP contribution in [0.1, 0.15) is 48.0 Å². The number of aromatic nitrogens is 4. The molecular weight excluding hydrogens is 326 g/mol. The molecule has 2 aliphatic rings. The van der Waals surface area contributed by atoms with Gasteiger partial charge >= 0.3 is 0 Å². The highest BCUT2D eigenvalue weighted by Crippen LogP contribution is 2.36. The van der Waals surface area contributed by atoms with Gasteiger partial charge in [-0.25, -0.2) is 0 Å². The Hall–Kier alpha value is -2.42. The van der Waals surface area contributed by atoms with Crippen molar-refractivity contribution in [2.24, 2.45) is 7.05 Å². The number of nitrogens with one attached hydrogen (secondary N) is 1. The van der Waals surface area contributed by atoms with E-state index < -0.39 is 0 Å². The lowest BCUT2D eigenvalue weighted by Gasteiger charge is -2.45. The van der Waals surface area contributed by atoms with Gasteiger partial charge in [-0.1, -0.05) is 0 Å². The van der Waals surface area contributed by atoms with Crippen molar-refractivity contribution in [3.8, 4) is 0 Å². The van der Waals surface area contributed by atoms with Crippen LogP contribution >= 0.6 is 0 Å². The number of H-pyrrole nitrogens is 1. The van der Waals surface area contributed by atoms with Crippen LogP contribution in [0, 0.1) is 0 Å². The minimum absolute atomic E-state index is 0.178. The smallest absolute Gasteiger partial charge is 0.272 e. The molecule has 2 aromatic heterocycles. The van der Waals surface area contributed by atoms with Crippen LogP contribution in [0.25, 0.3) is 0 Å². The molecule has 4 heterocycles. The molecule has 2 aliphatic heterocycles. The lowest BCUT2D eigenvalue weighted by atomic mass is 9.81. The minimum atomic E-state index is -0.346. The quantitative estimate of drug-likeness (QED) is 0.862. The molecule has 2 saturated heterocycles. The number of hydrogen-bond acceptors (Lipinski definition) is 6. The summed E-state index contributed by atoms with van der Waals surface area (Å²) in [5.41, 5.74) is -0.283. The average molecular weight is 347 g/mol. The number of amides is 1. The van der Waals surface area contributed by atoms with Gasteiger partial charge < -0.3 is 14.1 Å². The summed E-state index contributed by atoms with van der Waals surface area (Å²) in [7, 11) is 1.64. The van der Waals surface area contributed by atoms with Gasteiger partial charge in [0.1, 0.15) is 5.69 Å². The molecule has 1 N–H and O–H groups in total. The second kappa shape index (κ2) is 5.83. The van der Waals surface area contributed by atoms with Crippen LogP contribution in [0.15, 0.2) is 15.3 Å². The predicted molar refractivity (Wildman–Crippen MR) is 86.4 cm³/mol. The first kappa shape index (κ1) is 16.1. The van der Waals surface area contributed by atoms with Gasteiger partial charge in [0, 0.05) is 45.3 Å². The van der Waals surface area contributed by atoms with Gasteiger partial charge in [-0.05, 0) is 19.8 Å². The Morgan fingerprint density at radius 3 is 2.68 bits per heavy atom. The standard InChI is InChI=1S/C16H21N5O4/c1-16(15-18-17-13(25-15)10-3-5-24-6-4-10)8-21(9-16)14(23)11-7-12(22)19-20(11)2/h7,10H,3-6,8-9H2,1-2H3,(H,19,22). The van der Waals surface area contributed by atoms with E-state index in [9.17, 15) is 9.59 Å². The van der Waals surface area contributed by atoms with E-state index in [2.05, 4.69) is 15.3 Å². The highest BCUT2D eigenvalue weighted by atomic mass is 16.5. The largest absolute Gasteiger partial charge is 0.424 e. The van der Waals surface area contributed by atoms with E-state index in [4.69, 9.17) is 9.15 Å². The number of aryl methyl sites for hydroxylation is 1. The molecule has 0 unspecified atom stereocenters.